The summed E-state index contributed by atoms with van der Waals surface area (Å²) in [5, 5.41) is 5.41. The number of imidazole rings is 2. The van der Waals surface area contributed by atoms with Crippen molar-refractivity contribution in [3.8, 4) is 0 Å². The Kier molecular flexibility index (Phi) is 11.3. The second kappa shape index (κ2) is 15.4. The number of likely N-dealkylation sites (tertiary alicyclic amines) is 2. The van der Waals surface area contributed by atoms with Crippen LogP contribution < -0.4 is 10.6 Å². The molecule has 2 aliphatic heterocycles. The second-order valence-corrected chi connectivity index (χ2v) is 14.1. The number of nitrogens with zero attached hydrogens (tertiary/aromatic N) is 4. The van der Waals surface area contributed by atoms with Gasteiger partial charge in [0, 0.05) is 48.7 Å². The van der Waals surface area contributed by atoms with Gasteiger partial charge in [-0.3, -0.25) is 9.59 Å². The smallest absolute Gasteiger partial charge is 0.407 e. The molecule has 48 heavy (non-hydrogen) atoms. The van der Waals surface area contributed by atoms with Crippen LogP contribution in [0.25, 0.3) is 0 Å². The summed E-state index contributed by atoms with van der Waals surface area (Å²) in [5.41, 5.74) is 2.20. The topological polar surface area (TPSA) is 175 Å². The van der Waals surface area contributed by atoms with E-state index in [0.717, 1.165) is 74.4 Å². The molecular formula is C34H52N8O6. The van der Waals surface area contributed by atoms with Gasteiger partial charge in [-0.15, -0.1) is 0 Å². The summed E-state index contributed by atoms with van der Waals surface area (Å²) >= 11 is 0. The van der Waals surface area contributed by atoms with Crippen LogP contribution in [0.2, 0.25) is 0 Å². The highest BCUT2D eigenvalue weighted by Gasteiger charge is 2.39. The van der Waals surface area contributed by atoms with Gasteiger partial charge in [-0.1, -0.05) is 27.7 Å². The van der Waals surface area contributed by atoms with Gasteiger partial charge in [0.2, 0.25) is 11.8 Å². The minimum atomic E-state index is -0.663. The second-order valence-electron chi connectivity index (χ2n) is 14.1. The summed E-state index contributed by atoms with van der Waals surface area (Å²) < 4.78 is 9.51. The average Bonchev–Trinajstić information content (AvgIpc) is 3.90. The lowest BCUT2D eigenvalue weighted by Crippen LogP contribution is -2.51. The van der Waals surface area contributed by atoms with E-state index in [9.17, 15) is 19.2 Å². The zero-order valence-electron chi connectivity index (χ0n) is 29.1. The first-order valence-corrected chi connectivity index (χ1v) is 17.4. The molecule has 4 amide bonds. The molecule has 0 unspecified atom stereocenters. The molecule has 1 saturated carbocycles. The summed E-state index contributed by atoms with van der Waals surface area (Å²) in [7, 11) is 2.59. The van der Waals surface area contributed by atoms with E-state index in [1.807, 2.05) is 49.9 Å². The third kappa shape index (κ3) is 7.62. The molecule has 2 saturated heterocycles. The summed E-state index contributed by atoms with van der Waals surface area (Å²) in [5.74, 6) is 1.89. The van der Waals surface area contributed by atoms with Crippen LogP contribution in [0.3, 0.4) is 0 Å². The van der Waals surface area contributed by atoms with Gasteiger partial charge in [-0.25, -0.2) is 19.6 Å². The van der Waals surface area contributed by atoms with Crippen molar-refractivity contribution < 1.29 is 28.7 Å². The number of aromatic amines is 2. The molecule has 5 rings (SSSR count). The predicted molar refractivity (Wildman–Crippen MR) is 177 cm³/mol. The van der Waals surface area contributed by atoms with Crippen molar-refractivity contribution in [2.75, 3.05) is 27.3 Å². The number of methoxy groups -OCH3 is 2. The number of carbonyl (C=O) groups excluding carboxylic acids is 4. The zero-order valence-corrected chi connectivity index (χ0v) is 29.1. The van der Waals surface area contributed by atoms with E-state index in [4.69, 9.17) is 19.4 Å². The van der Waals surface area contributed by atoms with Gasteiger partial charge in [-0.05, 0) is 63.2 Å². The third-order valence-corrected chi connectivity index (χ3v) is 10.3. The molecule has 4 N–H and O–H groups in total. The first-order valence-electron chi connectivity index (χ1n) is 17.4. The number of rotatable bonds is 10. The largest absolute Gasteiger partial charge is 0.453 e. The van der Waals surface area contributed by atoms with Crippen molar-refractivity contribution in [3.05, 3.63) is 35.4 Å². The predicted octanol–water partition coefficient (Wildman–Crippen LogP) is 4.66. The van der Waals surface area contributed by atoms with Gasteiger partial charge >= 0.3 is 12.2 Å². The highest BCUT2D eigenvalue weighted by Crippen LogP contribution is 2.41. The number of hydrogen-bond donors (Lipinski definition) is 4. The van der Waals surface area contributed by atoms with Crippen molar-refractivity contribution >= 4 is 24.0 Å². The molecule has 0 aromatic carbocycles. The number of aromatic nitrogens is 4. The maximum Gasteiger partial charge on any atom is 0.407 e. The fourth-order valence-electron chi connectivity index (χ4n) is 7.56. The first kappa shape index (κ1) is 35.2. The van der Waals surface area contributed by atoms with E-state index in [1.165, 1.54) is 14.2 Å². The number of carbonyl (C=O) groups is 4. The number of nitrogens with one attached hydrogen (secondary N) is 4. The van der Waals surface area contributed by atoms with Gasteiger partial charge in [0.25, 0.3) is 0 Å². The quantitative estimate of drug-likeness (QED) is 0.283. The van der Waals surface area contributed by atoms with Crippen molar-refractivity contribution in [1.82, 2.24) is 40.4 Å². The Balaban J connectivity index is 1.19. The minimum Gasteiger partial charge on any atom is -0.453 e. The zero-order chi connectivity index (χ0) is 34.5. The molecule has 4 heterocycles. The van der Waals surface area contributed by atoms with Gasteiger partial charge < -0.3 is 39.9 Å². The number of amides is 4. The fourth-order valence-corrected chi connectivity index (χ4v) is 7.56. The SMILES string of the molecule is COC(=O)N[C@H](C(=O)N1CCC[C@H]1c1ncc(C2CCC(c3cnc([C@@H]4CCCN4C(=O)[C@@H](NC(=O)OC)C(C)C)[nH]3)CC2)[nH]1)C(C)C. The standard InChI is InChI=1S/C34H52N8O6/c1-19(2)27(39-33(45)47-5)31(43)41-15-7-9-25(41)29-35-17-23(37-29)21-11-13-22(14-12-21)24-18-36-30(38-24)26-10-8-16-42(26)32(44)28(20(3)4)40-34(46)48-6/h17-22,25-28H,7-16H2,1-6H3,(H,35,37)(H,36,38)(H,39,45)(H,40,46)/t21?,22?,25-,26-,27-,28-/m0/s1. The molecule has 3 aliphatic rings. The number of hydrogen-bond acceptors (Lipinski definition) is 8. The molecule has 14 heteroatoms. The van der Waals surface area contributed by atoms with Crippen molar-refractivity contribution in [1.29, 1.82) is 0 Å². The Morgan fingerprint density at radius 1 is 0.688 bits per heavy atom. The number of alkyl carbamates (subject to hydrolysis) is 2. The maximum absolute atomic E-state index is 13.5. The Hall–Kier alpha value is -4.10. The van der Waals surface area contributed by atoms with E-state index in [0.29, 0.717) is 24.9 Å². The first-order chi connectivity index (χ1) is 23.0. The third-order valence-electron chi connectivity index (χ3n) is 10.3. The summed E-state index contributed by atoms with van der Waals surface area (Å²) in [6, 6.07) is -1.63. The van der Waals surface area contributed by atoms with E-state index < -0.39 is 24.3 Å². The van der Waals surface area contributed by atoms with Crippen LogP contribution in [-0.2, 0) is 19.1 Å². The maximum atomic E-state index is 13.5. The Bertz CT molecular complexity index is 1320. The van der Waals surface area contributed by atoms with Crippen LogP contribution in [0.5, 0.6) is 0 Å². The van der Waals surface area contributed by atoms with Crippen LogP contribution in [-0.4, -0.2) is 93.1 Å². The molecule has 0 bridgehead atoms. The number of H-pyrrole nitrogens is 2. The van der Waals surface area contributed by atoms with Gasteiger partial charge in [0.1, 0.15) is 23.7 Å². The molecule has 264 valence electrons. The summed E-state index contributed by atoms with van der Waals surface area (Å²) in [4.78, 5) is 71.1. The molecule has 1 aliphatic carbocycles. The van der Waals surface area contributed by atoms with E-state index in [1.54, 1.807) is 0 Å². The van der Waals surface area contributed by atoms with Gasteiger partial charge in [0.05, 0.1) is 26.3 Å². The van der Waals surface area contributed by atoms with Crippen molar-refractivity contribution in [2.45, 2.75) is 115 Å². The monoisotopic (exact) mass is 668 g/mol. The lowest BCUT2D eigenvalue weighted by atomic mass is 9.79. The molecule has 0 spiro atoms. The van der Waals surface area contributed by atoms with Crippen LogP contribution >= 0.6 is 0 Å². The summed E-state index contributed by atoms with van der Waals surface area (Å²) in [6.07, 6.45) is 10.0. The fraction of sp³-hybridized carbons (Fsp3) is 0.706. The Morgan fingerprint density at radius 3 is 1.40 bits per heavy atom. The van der Waals surface area contributed by atoms with E-state index >= 15 is 0 Å². The van der Waals surface area contributed by atoms with E-state index in [-0.39, 0.29) is 35.7 Å². The average molecular weight is 669 g/mol. The van der Waals surface area contributed by atoms with Gasteiger partial charge in [0.15, 0.2) is 0 Å². The summed E-state index contributed by atoms with van der Waals surface area (Å²) in [6.45, 7) is 8.89. The lowest BCUT2D eigenvalue weighted by Gasteiger charge is -2.30. The number of ether oxygens (including phenoxy) is 2. The molecule has 0 radical (unpaired) electrons. The van der Waals surface area contributed by atoms with Crippen LogP contribution in [0.4, 0.5) is 9.59 Å². The normalized spacial score (nSPS) is 24.1. The Labute approximate surface area is 282 Å². The molecule has 2 aromatic rings. The van der Waals surface area contributed by atoms with Crippen LogP contribution in [0.1, 0.15) is 126 Å². The molecule has 4 atom stereocenters. The van der Waals surface area contributed by atoms with Crippen molar-refractivity contribution in [2.24, 2.45) is 11.8 Å². The van der Waals surface area contributed by atoms with E-state index in [2.05, 4.69) is 20.6 Å². The van der Waals surface area contributed by atoms with Crippen molar-refractivity contribution in [3.63, 3.8) is 0 Å². The molecule has 14 nitrogen and oxygen atoms in total. The lowest BCUT2D eigenvalue weighted by molar-refractivity contribution is -0.136. The molecule has 3 fully saturated rings. The highest BCUT2D eigenvalue weighted by molar-refractivity contribution is 5.87. The van der Waals surface area contributed by atoms with Gasteiger partial charge in [-0.2, -0.15) is 0 Å². The minimum absolute atomic E-state index is 0.0849. The van der Waals surface area contributed by atoms with Crippen LogP contribution in [0, 0.1) is 11.8 Å². The van der Waals surface area contributed by atoms with Crippen LogP contribution in [0.15, 0.2) is 12.4 Å². The highest BCUT2D eigenvalue weighted by atomic mass is 16.5. The molecular weight excluding hydrogens is 616 g/mol. The Morgan fingerprint density at radius 2 is 1.06 bits per heavy atom. The molecule has 2 aromatic heterocycles.